The van der Waals surface area contributed by atoms with Crippen molar-refractivity contribution in [2.75, 3.05) is 24.6 Å². The molecule has 0 aliphatic carbocycles. The summed E-state index contributed by atoms with van der Waals surface area (Å²) in [6.07, 6.45) is 4.23. The van der Waals surface area contributed by atoms with Crippen LogP contribution in [0.2, 0.25) is 0 Å². The molecule has 2 amide bonds. The molecule has 2 heterocycles. The van der Waals surface area contributed by atoms with Crippen LogP contribution in [0.1, 0.15) is 39.0 Å². The molecule has 0 aromatic rings. The lowest BCUT2D eigenvalue weighted by Crippen LogP contribution is -2.47. The van der Waals surface area contributed by atoms with Gasteiger partial charge in [0, 0.05) is 24.9 Å². The molecule has 2 unspecified atom stereocenters. The normalized spacial score (nSPS) is 30.2. The third-order valence-corrected chi connectivity index (χ3v) is 5.53. The molecule has 2 saturated heterocycles. The van der Waals surface area contributed by atoms with Gasteiger partial charge in [0.05, 0.1) is 5.41 Å². The van der Waals surface area contributed by atoms with Crippen molar-refractivity contribution < 1.29 is 14.7 Å². The van der Waals surface area contributed by atoms with Gasteiger partial charge in [-0.15, -0.1) is 0 Å². The maximum Gasteiger partial charge on any atom is 0.317 e. The van der Waals surface area contributed by atoms with Crippen LogP contribution in [0.25, 0.3) is 0 Å². The van der Waals surface area contributed by atoms with E-state index in [-0.39, 0.29) is 12.1 Å². The smallest absolute Gasteiger partial charge is 0.317 e. The van der Waals surface area contributed by atoms with E-state index < -0.39 is 11.4 Å². The molecule has 2 rings (SSSR count). The monoisotopic (exact) mass is 300 g/mol. The summed E-state index contributed by atoms with van der Waals surface area (Å²) in [6.45, 7) is 2.90. The second-order valence-corrected chi connectivity index (χ2v) is 7.02. The number of rotatable bonds is 4. The fourth-order valence-corrected chi connectivity index (χ4v) is 4.20. The molecule has 2 atom stereocenters. The van der Waals surface area contributed by atoms with Crippen LogP contribution in [-0.2, 0) is 4.79 Å². The molecule has 20 heavy (non-hydrogen) atoms. The van der Waals surface area contributed by atoms with Gasteiger partial charge in [-0.25, -0.2) is 4.79 Å². The lowest BCUT2D eigenvalue weighted by molar-refractivity contribution is -0.148. The highest BCUT2D eigenvalue weighted by molar-refractivity contribution is 7.99. The molecule has 0 radical (unpaired) electrons. The number of carbonyl (C=O) groups is 2. The first-order valence-corrected chi connectivity index (χ1v) is 8.59. The maximum atomic E-state index is 12.2. The van der Waals surface area contributed by atoms with Gasteiger partial charge in [0.1, 0.15) is 0 Å². The molecular weight excluding hydrogens is 276 g/mol. The molecule has 2 aliphatic heterocycles. The van der Waals surface area contributed by atoms with E-state index in [1.165, 1.54) is 5.75 Å². The highest BCUT2D eigenvalue weighted by Crippen LogP contribution is 2.35. The third kappa shape index (κ3) is 3.40. The zero-order valence-corrected chi connectivity index (χ0v) is 12.9. The first-order valence-electron chi connectivity index (χ1n) is 7.44. The molecule has 0 bridgehead atoms. The van der Waals surface area contributed by atoms with Crippen molar-refractivity contribution >= 4 is 23.8 Å². The lowest BCUT2D eigenvalue weighted by Gasteiger charge is -2.27. The van der Waals surface area contributed by atoms with E-state index in [4.69, 9.17) is 0 Å². The van der Waals surface area contributed by atoms with E-state index in [1.54, 1.807) is 4.90 Å². The standard InChI is InChI=1S/C14H24N2O3S/c1-2-5-14(12(17)18)6-7-16(10-14)13(19)15-11-4-3-8-20-9-11/h11H,2-10H2,1H3,(H,15,19)(H,17,18). The van der Waals surface area contributed by atoms with Crippen molar-refractivity contribution in [3.05, 3.63) is 0 Å². The van der Waals surface area contributed by atoms with Gasteiger partial charge in [0.15, 0.2) is 0 Å². The highest BCUT2D eigenvalue weighted by atomic mass is 32.2. The van der Waals surface area contributed by atoms with E-state index in [1.807, 2.05) is 18.7 Å². The van der Waals surface area contributed by atoms with Crippen LogP contribution < -0.4 is 5.32 Å². The molecule has 0 aromatic heterocycles. The number of nitrogens with one attached hydrogen (secondary N) is 1. The summed E-state index contributed by atoms with van der Waals surface area (Å²) < 4.78 is 0. The van der Waals surface area contributed by atoms with Crippen molar-refractivity contribution in [3.63, 3.8) is 0 Å². The largest absolute Gasteiger partial charge is 0.481 e. The third-order valence-electron chi connectivity index (χ3n) is 4.31. The first-order chi connectivity index (χ1) is 9.57. The number of hydrogen-bond acceptors (Lipinski definition) is 3. The van der Waals surface area contributed by atoms with Gasteiger partial charge in [-0.2, -0.15) is 11.8 Å². The summed E-state index contributed by atoms with van der Waals surface area (Å²) >= 11 is 1.87. The Labute approximate surface area is 124 Å². The molecule has 2 fully saturated rings. The Kier molecular flexibility index (Phi) is 5.18. The van der Waals surface area contributed by atoms with Gasteiger partial charge in [-0.3, -0.25) is 4.79 Å². The van der Waals surface area contributed by atoms with Crippen LogP contribution in [0, 0.1) is 5.41 Å². The summed E-state index contributed by atoms with van der Waals surface area (Å²) in [5.74, 6) is 1.38. The van der Waals surface area contributed by atoms with Gasteiger partial charge >= 0.3 is 12.0 Å². The molecule has 2 aliphatic rings. The van der Waals surface area contributed by atoms with Crippen molar-refractivity contribution in [2.45, 2.75) is 45.1 Å². The number of carboxylic acid groups (broad SMARTS) is 1. The molecular formula is C14H24N2O3S. The minimum absolute atomic E-state index is 0.0864. The van der Waals surface area contributed by atoms with Crippen LogP contribution in [-0.4, -0.2) is 52.6 Å². The SMILES string of the molecule is CCCC1(C(=O)O)CCN(C(=O)NC2CCCSC2)C1. The Hall–Kier alpha value is -0.910. The van der Waals surface area contributed by atoms with E-state index in [2.05, 4.69) is 5.32 Å². The summed E-state index contributed by atoms with van der Waals surface area (Å²) in [5, 5.41) is 12.5. The van der Waals surface area contributed by atoms with Crippen molar-refractivity contribution in [1.29, 1.82) is 0 Å². The van der Waals surface area contributed by atoms with Crippen LogP contribution >= 0.6 is 11.8 Å². The fourth-order valence-electron chi connectivity index (χ4n) is 3.13. The van der Waals surface area contributed by atoms with Gasteiger partial charge in [0.2, 0.25) is 0 Å². The number of urea groups is 1. The van der Waals surface area contributed by atoms with Crippen LogP contribution in [0.4, 0.5) is 4.79 Å². The van der Waals surface area contributed by atoms with Gasteiger partial charge < -0.3 is 15.3 Å². The number of thioether (sulfide) groups is 1. The molecule has 0 spiro atoms. The second-order valence-electron chi connectivity index (χ2n) is 5.87. The predicted octanol–water partition coefficient (Wildman–Crippen LogP) is 2.17. The van der Waals surface area contributed by atoms with E-state index in [0.717, 1.165) is 25.0 Å². The first kappa shape index (κ1) is 15.5. The number of nitrogens with zero attached hydrogens (tertiary/aromatic N) is 1. The van der Waals surface area contributed by atoms with Crippen LogP contribution in [0.3, 0.4) is 0 Å². The number of aliphatic carboxylic acids is 1. The topological polar surface area (TPSA) is 69.6 Å². The molecule has 114 valence electrons. The molecule has 0 aromatic carbocycles. The van der Waals surface area contributed by atoms with E-state index in [9.17, 15) is 14.7 Å². The summed E-state index contributed by atoms with van der Waals surface area (Å²) in [6, 6.07) is 0.156. The predicted molar refractivity (Wildman–Crippen MR) is 80.0 cm³/mol. The Bertz CT molecular complexity index is 371. The summed E-state index contributed by atoms with van der Waals surface area (Å²) in [5.41, 5.74) is -0.729. The zero-order valence-electron chi connectivity index (χ0n) is 12.1. The van der Waals surface area contributed by atoms with Gasteiger partial charge in [-0.05, 0) is 31.4 Å². The maximum absolute atomic E-state index is 12.2. The van der Waals surface area contributed by atoms with E-state index >= 15 is 0 Å². The van der Waals surface area contributed by atoms with Gasteiger partial charge in [-0.1, -0.05) is 13.3 Å². The second kappa shape index (κ2) is 6.70. The number of hydrogen-bond donors (Lipinski definition) is 2. The number of carboxylic acids is 1. The van der Waals surface area contributed by atoms with Crippen molar-refractivity contribution in [2.24, 2.45) is 5.41 Å². The minimum atomic E-state index is -0.761. The fraction of sp³-hybridized carbons (Fsp3) is 0.857. The summed E-state index contributed by atoms with van der Waals surface area (Å²) in [7, 11) is 0. The molecule has 5 nitrogen and oxygen atoms in total. The quantitative estimate of drug-likeness (QED) is 0.835. The molecule has 0 saturated carbocycles. The number of amides is 2. The zero-order chi connectivity index (χ0) is 14.6. The van der Waals surface area contributed by atoms with Crippen molar-refractivity contribution in [1.82, 2.24) is 10.2 Å². The lowest BCUT2D eigenvalue weighted by atomic mass is 9.83. The number of likely N-dealkylation sites (tertiary alicyclic amines) is 1. The highest BCUT2D eigenvalue weighted by Gasteiger charge is 2.45. The van der Waals surface area contributed by atoms with Gasteiger partial charge in [0.25, 0.3) is 0 Å². The van der Waals surface area contributed by atoms with Crippen molar-refractivity contribution in [3.8, 4) is 0 Å². The Morgan fingerprint density at radius 2 is 2.30 bits per heavy atom. The Morgan fingerprint density at radius 3 is 2.90 bits per heavy atom. The average Bonchev–Trinajstić information content (AvgIpc) is 2.86. The Balaban J connectivity index is 1.90. The Morgan fingerprint density at radius 1 is 1.50 bits per heavy atom. The minimum Gasteiger partial charge on any atom is -0.481 e. The van der Waals surface area contributed by atoms with Crippen LogP contribution in [0.15, 0.2) is 0 Å². The summed E-state index contributed by atoms with van der Waals surface area (Å²) in [4.78, 5) is 25.4. The molecule has 6 heteroatoms. The van der Waals surface area contributed by atoms with E-state index in [0.29, 0.717) is 25.9 Å². The average molecular weight is 300 g/mol. The van der Waals surface area contributed by atoms with Crippen LogP contribution in [0.5, 0.6) is 0 Å². The molecule has 2 N–H and O–H groups in total. The number of carbonyl (C=O) groups excluding carboxylic acids is 1.